The van der Waals surface area contributed by atoms with Gasteiger partial charge in [0.2, 0.25) is 5.91 Å². The zero-order valence-electron chi connectivity index (χ0n) is 6.52. The fourth-order valence-electron chi connectivity index (χ4n) is 0.294. The highest BCUT2D eigenvalue weighted by Gasteiger charge is 2.29. The van der Waals surface area contributed by atoms with E-state index in [0.717, 1.165) is 0 Å². The fourth-order valence-corrected chi connectivity index (χ4v) is 0.716. The molecule has 0 saturated carbocycles. The average Bonchev–Trinajstić information content (AvgIpc) is 2.06. The van der Waals surface area contributed by atoms with E-state index in [1.807, 2.05) is 0 Å². The van der Waals surface area contributed by atoms with Gasteiger partial charge in [-0.1, -0.05) is 0 Å². The van der Waals surface area contributed by atoms with Gasteiger partial charge in [0.1, 0.15) is 4.58 Å². The number of hydrogen-bond donors (Lipinski definition) is 5. The topological polar surface area (TPSA) is 96.5 Å². The van der Waals surface area contributed by atoms with Crippen molar-refractivity contribution in [2.24, 2.45) is 17.4 Å². The van der Waals surface area contributed by atoms with Crippen molar-refractivity contribution in [3.8, 4) is 0 Å². The third kappa shape index (κ3) is 4.86. The Morgan fingerprint density at radius 1 is 1.18 bits per heavy atom. The first kappa shape index (κ1) is 14.0. The summed E-state index contributed by atoms with van der Waals surface area (Å²) in [7, 11) is 2.87. The molecule has 0 fully saturated rings. The Morgan fingerprint density at radius 2 is 1.45 bits per heavy atom. The largest absolute Gasteiger partial charge is 0.339 e. The quantitative estimate of drug-likeness (QED) is 0.173. The maximum Gasteiger partial charge on any atom is 0.245 e. The van der Waals surface area contributed by atoms with Crippen molar-refractivity contribution < 1.29 is 9.47 Å². The molecular formula is C4H15N3O2S2. The molecule has 0 aromatic heterocycles. The van der Waals surface area contributed by atoms with E-state index in [4.69, 9.17) is 15.2 Å². The first-order valence-electron chi connectivity index (χ1n) is 2.65. The molecular weight excluding hydrogens is 186 g/mol. The molecule has 0 radical (unpaired) electrons. The number of hydrogen-bond acceptors (Lipinski definition) is 7. The van der Waals surface area contributed by atoms with Crippen LogP contribution in [0.25, 0.3) is 0 Å². The highest BCUT2D eigenvalue weighted by Crippen LogP contribution is 2.17. The van der Waals surface area contributed by atoms with E-state index in [2.05, 4.69) is 36.9 Å². The summed E-state index contributed by atoms with van der Waals surface area (Å²) in [5.74, 6) is 6.81. The van der Waals surface area contributed by atoms with Gasteiger partial charge in [-0.15, -0.1) is 0 Å². The van der Waals surface area contributed by atoms with Crippen LogP contribution in [0.1, 0.15) is 0 Å². The second-order valence-electron chi connectivity index (χ2n) is 1.50. The first-order chi connectivity index (χ1) is 5.06. The normalized spacial score (nSPS) is 10.9. The van der Waals surface area contributed by atoms with Gasteiger partial charge in [-0.3, -0.25) is 17.4 Å². The Balaban J connectivity index is 0. The van der Waals surface area contributed by atoms with Crippen molar-refractivity contribution in [2.45, 2.75) is 10.5 Å². The van der Waals surface area contributed by atoms with Crippen LogP contribution in [0.5, 0.6) is 0 Å². The summed E-state index contributed by atoms with van der Waals surface area (Å²) in [6.45, 7) is 0. The van der Waals surface area contributed by atoms with Crippen LogP contribution in [-0.4, -0.2) is 24.7 Å². The first-order valence-corrected chi connectivity index (χ1v) is 3.68. The molecule has 6 N–H and O–H groups in total. The molecule has 0 unspecified atom stereocenters. The van der Waals surface area contributed by atoms with Gasteiger partial charge in [0.05, 0.1) is 0 Å². The number of thiol groups is 2. The number of hydrazine groups is 1. The van der Waals surface area contributed by atoms with Crippen LogP contribution >= 0.6 is 25.3 Å². The summed E-state index contributed by atoms with van der Waals surface area (Å²) in [6, 6.07) is 0. The Bertz CT molecular complexity index is 89.4. The van der Waals surface area contributed by atoms with Crippen molar-refractivity contribution in [2.75, 3.05) is 14.2 Å². The summed E-state index contributed by atoms with van der Waals surface area (Å²) in [5, 5.41) is 0. The lowest BCUT2D eigenvalue weighted by Gasteiger charge is -2.27. The standard InChI is InChI=1S/C4H11NO2S2.H4N2/c1-6-4(5,7-2)3(8)9;1-2/h3,8-9H,5H2,1-2H3;1-2H2. The maximum absolute atomic E-state index is 5.44. The molecule has 0 amide bonds. The minimum atomic E-state index is -1.19. The van der Waals surface area contributed by atoms with Gasteiger partial charge < -0.3 is 9.47 Å². The molecule has 0 aromatic rings. The van der Waals surface area contributed by atoms with Crippen molar-refractivity contribution in [3.63, 3.8) is 0 Å². The lowest BCUT2D eigenvalue weighted by molar-refractivity contribution is -0.189. The number of ether oxygens (including phenoxy) is 2. The van der Waals surface area contributed by atoms with Crippen LogP contribution < -0.4 is 17.4 Å². The molecule has 11 heavy (non-hydrogen) atoms. The van der Waals surface area contributed by atoms with Crippen LogP contribution in [0.3, 0.4) is 0 Å². The monoisotopic (exact) mass is 201 g/mol. The van der Waals surface area contributed by atoms with E-state index in [0.29, 0.717) is 0 Å². The number of methoxy groups -OCH3 is 2. The van der Waals surface area contributed by atoms with E-state index in [9.17, 15) is 0 Å². The molecule has 0 atom stereocenters. The molecule has 70 valence electrons. The Kier molecular flexibility index (Phi) is 9.15. The SMILES string of the molecule is COC(N)(OC)C(S)S.NN. The number of rotatable bonds is 3. The van der Waals surface area contributed by atoms with Gasteiger partial charge >= 0.3 is 0 Å². The van der Waals surface area contributed by atoms with Crippen LogP contribution in [-0.2, 0) is 9.47 Å². The molecule has 0 heterocycles. The predicted octanol–water partition coefficient (Wildman–Crippen LogP) is -1.10. The second kappa shape index (κ2) is 7.17. The fraction of sp³-hybridized carbons (Fsp3) is 1.00. The second-order valence-corrected chi connectivity index (χ2v) is 2.94. The van der Waals surface area contributed by atoms with E-state index in [-0.39, 0.29) is 0 Å². The summed E-state index contributed by atoms with van der Waals surface area (Å²) >= 11 is 7.86. The third-order valence-electron chi connectivity index (χ3n) is 0.998. The van der Waals surface area contributed by atoms with Gasteiger partial charge in [-0.2, -0.15) is 25.3 Å². The van der Waals surface area contributed by atoms with Crippen LogP contribution in [0, 0.1) is 0 Å². The Hall–Kier alpha value is 0.500. The maximum atomic E-state index is 5.44. The summed E-state index contributed by atoms with van der Waals surface area (Å²) in [6.07, 6.45) is 0. The van der Waals surface area contributed by atoms with Crippen LogP contribution in [0.15, 0.2) is 0 Å². The molecule has 0 aliphatic rings. The van der Waals surface area contributed by atoms with Crippen molar-refractivity contribution in [1.82, 2.24) is 0 Å². The molecule has 0 spiro atoms. The smallest absolute Gasteiger partial charge is 0.245 e. The molecule has 0 bridgehead atoms. The van der Waals surface area contributed by atoms with E-state index in [1.54, 1.807) is 0 Å². The lowest BCUT2D eigenvalue weighted by atomic mass is 10.6. The molecule has 7 heteroatoms. The van der Waals surface area contributed by atoms with Crippen LogP contribution in [0.4, 0.5) is 0 Å². The summed E-state index contributed by atoms with van der Waals surface area (Å²) in [5.41, 5.74) is 5.44. The predicted molar refractivity (Wildman–Crippen MR) is 51.1 cm³/mol. The van der Waals surface area contributed by atoms with Gasteiger partial charge in [0, 0.05) is 14.2 Å². The molecule has 0 saturated heterocycles. The minimum Gasteiger partial charge on any atom is -0.339 e. The molecule has 0 aromatic carbocycles. The van der Waals surface area contributed by atoms with Crippen molar-refractivity contribution in [1.29, 1.82) is 0 Å². The zero-order valence-corrected chi connectivity index (χ0v) is 8.31. The highest BCUT2D eigenvalue weighted by atomic mass is 32.2. The Labute approximate surface area is 77.4 Å². The lowest BCUT2D eigenvalue weighted by Crippen LogP contribution is -2.49. The highest BCUT2D eigenvalue weighted by molar-refractivity contribution is 7.99. The van der Waals surface area contributed by atoms with E-state index < -0.39 is 10.5 Å². The zero-order chi connectivity index (χ0) is 9.49. The number of nitrogens with two attached hydrogens (primary N) is 3. The average molecular weight is 201 g/mol. The molecule has 5 nitrogen and oxygen atoms in total. The van der Waals surface area contributed by atoms with Gasteiger partial charge in [0.25, 0.3) is 0 Å². The van der Waals surface area contributed by atoms with Crippen molar-refractivity contribution in [3.05, 3.63) is 0 Å². The van der Waals surface area contributed by atoms with Gasteiger partial charge in [0.15, 0.2) is 0 Å². The summed E-state index contributed by atoms with van der Waals surface area (Å²) < 4.78 is 9.05. The van der Waals surface area contributed by atoms with E-state index >= 15 is 0 Å². The van der Waals surface area contributed by atoms with Gasteiger partial charge in [-0.05, 0) is 0 Å². The van der Waals surface area contributed by atoms with E-state index in [1.165, 1.54) is 14.2 Å². The Morgan fingerprint density at radius 3 is 1.45 bits per heavy atom. The van der Waals surface area contributed by atoms with Gasteiger partial charge in [-0.25, -0.2) is 0 Å². The molecule has 0 aliphatic heterocycles. The molecule has 0 rings (SSSR count). The third-order valence-corrected chi connectivity index (χ3v) is 1.72. The summed E-state index contributed by atoms with van der Waals surface area (Å²) in [4.78, 5) is 0. The molecule has 0 aliphatic carbocycles. The van der Waals surface area contributed by atoms with Crippen LogP contribution in [0.2, 0.25) is 0 Å². The minimum absolute atomic E-state index is 0.451. The van der Waals surface area contributed by atoms with Crippen molar-refractivity contribution >= 4 is 25.3 Å².